The molecule has 0 amide bonds. The van der Waals surface area contributed by atoms with Crippen molar-refractivity contribution in [3.8, 4) is 0 Å². The highest BCUT2D eigenvalue weighted by Crippen LogP contribution is 2.34. The summed E-state index contributed by atoms with van der Waals surface area (Å²) in [6, 6.07) is 0. The summed E-state index contributed by atoms with van der Waals surface area (Å²) in [5.74, 6) is 1.70. The van der Waals surface area contributed by atoms with Gasteiger partial charge in [0.2, 0.25) is 0 Å². The standard InChI is InChI=1S/C13H20N2/c1-4-13(2,3)11-8-14-12(15-9-11)10-6-5-7-10/h8-10H,4-7H2,1-3H3. The van der Waals surface area contributed by atoms with Gasteiger partial charge in [0.05, 0.1) is 0 Å². The lowest BCUT2D eigenvalue weighted by Gasteiger charge is -2.26. The van der Waals surface area contributed by atoms with Crippen molar-refractivity contribution in [1.82, 2.24) is 9.97 Å². The van der Waals surface area contributed by atoms with E-state index in [0.717, 1.165) is 12.2 Å². The number of hydrogen-bond acceptors (Lipinski definition) is 2. The average molecular weight is 204 g/mol. The maximum atomic E-state index is 4.50. The quantitative estimate of drug-likeness (QED) is 0.753. The Hall–Kier alpha value is -0.920. The Morgan fingerprint density at radius 2 is 1.87 bits per heavy atom. The van der Waals surface area contributed by atoms with Crippen LogP contribution in [0, 0.1) is 0 Å². The van der Waals surface area contributed by atoms with Crippen molar-refractivity contribution in [2.45, 2.75) is 57.8 Å². The third-order valence-electron chi connectivity index (χ3n) is 3.81. The van der Waals surface area contributed by atoms with Crippen molar-refractivity contribution in [3.63, 3.8) is 0 Å². The van der Waals surface area contributed by atoms with Gasteiger partial charge in [-0.3, -0.25) is 0 Å². The van der Waals surface area contributed by atoms with Gasteiger partial charge in [-0.05, 0) is 30.2 Å². The van der Waals surface area contributed by atoms with Gasteiger partial charge in [0, 0.05) is 18.3 Å². The van der Waals surface area contributed by atoms with Gasteiger partial charge in [0.25, 0.3) is 0 Å². The van der Waals surface area contributed by atoms with Gasteiger partial charge in [-0.2, -0.15) is 0 Å². The van der Waals surface area contributed by atoms with Gasteiger partial charge in [-0.15, -0.1) is 0 Å². The minimum Gasteiger partial charge on any atom is -0.241 e. The van der Waals surface area contributed by atoms with Crippen LogP contribution in [0.2, 0.25) is 0 Å². The molecule has 2 rings (SSSR count). The van der Waals surface area contributed by atoms with Crippen LogP contribution in [-0.2, 0) is 5.41 Å². The van der Waals surface area contributed by atoms with Gasteiger partial charge in [0.1, 0.15) is 5.82 Å². The molecule has 1 aliphatic rings. The molecule has 2 heteroatoms. The maximum Gasteiger partial charge on any atom is 0.131 e. The average Bonchev–Trinajstić information content (AvgIpc) is 2.16. The van der Waals surface area contributed by atoms with Crippen LogP contribution in [0.15, 0.2) is 12.4 Å². The molecule has 0 bridgehead atoms. The van der Waals surface area contributed by atoms with E-state index in [1.54, 1.807) is 0 Å². The molecule has 0 N–H and O–H groups in total. The zero-order valence-electron chi connectivity index (χ0n) is 9.95. The highest BCUT2D eigenvalue weighted by molar-refractivity contribution is 5.17. The van der Waals surface area contributed by atoms with E-state index >= 15 is 0 Å². The molecule has 1 aliphatic carbocycles. The Bertz CT molecular complexity index is 323. The van der Waals surface area contributed by atoms with Crippen LogP contribution < -0.4 is 0 Å². The van der Waals surface area contributed by atoms with E-state index in [0.29, 0.717) is 5.92 Å². The Morgan fingerprint density at radius 3 is 2.27 bits per heavy atom. The summed E-state index contributed by atoms with van der Waals surface area (Å²) in [5.41, 5.74) is 1.46. The third kappa shape index (κ3) is 2.04. The van der Waals surface area contributed by atoms with Crippen LogP contribution in [0.1, 0.15) is 63.8 Å². The van der Waals surface area contributed by atoms with Gasteiger partial charge < -0.3 is 0 Å². The van der Waals surface area contributed by atoms with E-state index in [-0.39, 0.29) is 5.41 Å². The molecule has 15 heavy (non-hydrogen) atoms. The van der Waals surface area contributed by atoms with E-state index in [4.69, 9.17) is 0 Å². The predicted octanol–water partition coefficient (Wildman–Crippen LogP) is 3.43. The second-order valence-electron chi connectivity index (χ2n) is 5.20. The molecule has 0 saturated heterocycles. The van der Waals surface area contributed by atoms with E-state index in [2.05, 4.69) is 30.7 Å². The normalized spacial score (nSPS) is 17.5. The summed E-state index contributed by atoms with van der Waals surface area (Å²) in [4.78, 5) is 9.01. The van der Waals surface area contributed by atoms with E-state index in [1.165, 1.54) is 24.8 Å². The minimum absolute atomic E-state index is 0.206. The van der Waals surface area contributed by atoms with Crippen molar-refractivity contribution in [3.05, 3.63) is 23.8 Å². The number of rotatable bonds is 3. The van der Waals surface area contributed by atoms with Gasteiger partial charge in [0.15, 0.2) is 0 Å². The highest BCUT2D eigenvalue weighted by Gasteiger charge is 2.23. The lowest BCUT2D eigenvalue weighted by atomic mass is 9.83. The number of nitrogens with zero attached hydrogens (tertiary/aromatic N) is 2. The first-order valence-corrected chi connectivity index (χ1v) is 5.96. The summed E-state index contributed by atoms with van der Waals surface area (Å²) in [7, 11) is 0. The molecule has 1 aromatic heterocycles. The van der Waals surface area contributed by atoms with Crippen LogP contribution in [-0.4, -0.2) is 9.97 Å². The zero-order chi connectivity index (χ0) is 10.9. The van der Waals surface area contributed by atoms with Gasteiger partial charge in [-0.25, -0.2) is 9.97 Å². The fourth-order valence-corrected chi connectivity index (χ4v) is 1.77. The molecule has 0 aromatic carbocycles. The van der Waals surface area contributed by atoms with E-state index in [1.807, 2.05) is 12.4 Å². The Labute approximate surface area is 92.1 Å². The van der Waals surface area contributed by atoms with Crippen molar-refractivity contribution < 1.29 is 0 Å². The summed E-state index contributed by atoms with van der Waals surface area (Å²) in [6.45, 7) is 6.70. The van der Waals surface area contributed by atoms with E-state index < -0.39 is 0 Å². The topological polar surface area (TPSA) is 25.8 Å². The first-order chi connectivity index (χ1) is 7.13. The van der Waals surface area contributed by atoms with E-state index in [9.17, 15) is 0 Å². The zero-order valence-corrected chi connectivity index (χ0v) is 9.95. The minimum atomic E-state index is 0.206. The molecule has 2 nitrogen and oxygen atoms in total. The monoisotopic (exact) mass is 204 g/mol. The van der Waals surface area contributed by atoms with Crippen molar-refractivity contribution in [2.75, 3.05) is 0 Å². The molecular formula is C13H20N2. The Balaban J connectivity index is 2.16. The van der Waals surface area contributed by atoms with Crippen LogP contribution in [0.4, 0.5) is 0 Å². The van der Waals surface area contributed by atoms with Crippen molar-refractivity contribution >= 4 is 0 Å². The molecule has 1 aromatic rings. The van der Waals surface area contributed by atoms with Crippen LogP contribution in [0.25, 0.3) is 0 Å². The molecule has 1 fully saturated rings. The highest BCUT2D eigenvalue weighted by atomic mass is 14.9. The fraction of sp³-hybridized carbons (Fsp3) is 0.692. The van der Waals surface area contributed by atoms with Gasteiger partial charge in [-0.1, -0.05) is 27.2 Å². The third-order valence-corrected chi connectivity index (χ3v) is 3.81. The lowest BCUT2D eigenvalue weighted by molar-refractivity contribution is 0.399. The molecule has 0 radical (unpaired) electrons. The SMILES string of the molecule is CCC(C)(C)c1cnc(C2CCC2)nc1. The van der Waals surface area contributed by atoms with Crippen LogP contribution >= 0.6 is 0 Å². The number of aromatic nitrogens is 2. The second-order valence-corrected chi connectivity index (χ2v) is 5.20. The molecule has 1 heterocycles. The van der Waals surface area contributed by atoms with Gasteiger partial charge >= 0.3 is 0 Å². The predicted molar refractivity (Wildman–Crippen MR) is 61.9 cm³/mol. The summed E-state index contributed by atoms with van der Waals surface area (Å²) < 4.78 is 0. The first kappa shape index (κ1) is 10.6. The summed E-state index contributed by atoms with van der Waals surface area (Å²) in [6.07, 6.45) is 9.05. The van der Waals surface area contributed by atoms with Crippen LogP contribution in [0.5, 0.6) is 0 Å². The second kappa shape index (κ2) is 3.92. The molecule has 82 valence electrons. The largest absolute Gasteiger partial charge is 0.241 e. The molecule has 0 aliphatic heterocycles. The molecule has 0 spiro atoms. The summed E-state index contributed by atoms with van der Waals surface area (Å²) in [5, 5.41) is 0. The van der Waals surface area contributed by atoms with Crippen molar-refractivity contribution in [2.24, 2.45) is 0 Å². The molecule has 0 atom stereocenters. The molecule has 0 unspecified atom stereocenters. The maximum absolute atomic E-state index is 4.50. The molecular weight excluding hydrogens is 184 g/mol. The fourth-order valence-electron chi connectivity index (χ4n) is 1.77. The summed E-state index contributed by atoms with van der Waals surface area (Å²) >= 11 is 0. The first-order valence-electron chi connectivity index (χ1n) is 5.96. The Kier molecular flexibility index (Phi) is 2.76. The van der Waals surface area contributed by atoms with Crippen LogP contribution in [0.3, 0.4) is 0 Å². The smallest absolute Gasteiger partial charge is 0.131 e. The number of hydrogen-bond donors (Lipinski definition) is 0. The van der Waals surface area contributed by atoms with Crippen molar-refractivity contribution in [1.29, 1.82) is 0 Å². The Morgan fingerprint density at radius 1 is 1.27 bits per heavy atom. The lowest BCUT2D eigenvalue weighted by Crippen LogP contribution is -2.18. The molecule has 1 saturated carbocycles.